The molecule has 0 bridgehead atoms. The number of pyridine rings is 1. The quantitative estimate of drug-likeness (QED) is 0.861. The second kappa shape index (κ2) is 6.63. The van der Waals surface area contributed by atoms with Crippen molar-refractivity contribution in [1.82, 2.24) is 10.3 Å². The summed E-state index contributed by atoms with van der Waals surface area (Å²) in [5.41, 5.74) is 1.44. The molecule has 0 radical (unpaired) electrons. The zero-order valence-electron chi connectivity index (χ0n) is 10.6. The highest BCUT2D eigenvalue weighted by Gasteiger charge is 2.11. The number of carbonyl (C=O) groups is 1. The van der Waals surface area contributed by atoms with Gasteiger partial charge in [-0.1, -0.05) is 12.1 Å². The number of amides is 1. The smallest absolute Gasteiger partial charge is 0.252 e. The van der Waals surface area contributed by atoms with Crippen molar-refractivity contribution in [2.45, 2.75) is 6.42 Å². The van der Waals surface area contributed by atoms with Crippen molar-refractivity contribution in [3.8, 4) is 0 Å². The van der Waals surface area contributed by atoms with E-state index in [0.717, 1.165) is 21.8 Å². The first kappa shape index (κ1) is 14.0. The first-order valence-corrected chi connectivity index (χ1v) is 6.83. The maximum absolute atomic E-state index is 12.1. The van der Waals surface area contributed by atoms with Crippen molar-refractivity contribution in [3.63, 3.8) is 0 Å². The molecule has 0 saturated carbocycles. The summed E-state index contributed by atoms with van der Waals surface area (Å²) in [6, 6.07) is 7.45. The highest BCUT2D eigenvalue weighted by atomic mass is 79.9. The van der Waals surface area contributed by atoms with Crippen molar-refractivity contribution in [2.24, 2.45) is 0 Å². The Labute approximate surface area is 120 Å². The number of fused-ring (bicyclic) bond motifs is 1. The fourth-order valence-electron chi connectivity index (χ4n) is 1.85. The number of rotatable bonds is 5. The summed E-state index contributed by atoms with van der Waals surface area (Å²) in [6.07, 6.45) is 2.45. The van der Waals surface area contributed by atoms with Crippen molar-refractivity contribution in [3.05, 3.63) is 40.5 Å². The van der Waals surface area contributed by atoms with Gasteiger partial charge < -0.3 is 10.1 Å². The van der Waals surface area contributed by atoms with Crippen LogP contribution in [-0.2, 0) is 4.74 Å². The molecule has 1 N–H and O–H groups in total. The number of ether oxygens (including phenoxy) is 1. The maximum atomic E-state index is 12.1. The number of hydrogen-bond donors (Lipinski definition) is 1. The van der Waals surface area contributed by atoms with E-state index in [0.29, 0.717) is 18.7 Å². The fraction of sp³-hybridized carbons (Fsp3) is 0.286. The van der Waals surface area contributed by atoms with Crippen LogP contribution in [0, 0.1) is 0 Å². The molecule has 5 heteroatoms. The molecule has 1 aromatic heterocycles. The van der Waals surface area contributed by atoms with E-state index < -0.39 is 0 Å². The Kier molecular flexibility index (Phi) is 4.87. The van der Waals surface area contributed by atoms with E-state index in [1.165, 1.54) is 0 Å². The number of halogens is 1. The number of hydrogen-bond acceptors (Lipinski definition) is 3. The van der Waals surface area contributed by atoms with E-state index in [1.54, 1.807) is 19.4 Å². The summed E-state index contributed by atoms with van der Waals surface area (Å²) in [5.74, 6) is -0.0818. The van der Waals surface area contributed by atoms with Crippen LogP contribution >= 0.6 is 15.9 Å². The first-order chi connectivity index (χ1) is 9.24. The average Bonchev–Trinajstić information content (AvgIpc) is 2.43. The van der Waals surface area contributed by atoms with E-state index in [2.05, 4.69) is 26.2 Å². The Morgan fingerprint density at radius 3 is 3.05 bits per heavy atom. The molecular weight excluding hydrogens is 308 g/mol. The number of para-hydroxylation sites is 1. The van der Waals surface area contributed by atoms with Gasteiger partial charge in [0.1, 0.15) is 0 Å². The lowest BCUT2D eigenvalue weighted by Crippen LogP contribution is -2.25. The van der Waals surface area contributed by atoms with Crippen LogP contribution in [0.2, 0.25) is 0 Å². The summed E-state index contributed by atoms with van der Waals surface area (Å²) in [7, 11) is 1.65. The third kappa shape index (κ3) is 3.30. The number of nitrogens with zero attached hydrogens (tertiary/aromatic N) is 1. The van der Waals surface area contributed by atoms with Gasteiger partial charge >= 0.3 is 0 Å². The van der Waals surface area contributed by atoms with E-state index in [4.69, 9.17) is 4.74 Å². The van der Waals surface area contributed by atoms with Gasteiger partial charge in [-0.05, 0) is 34.5 Å². The van der Waals surface area contributed by atoms with E-state index in [-0.39, 0.29) is 5.91 Å². The molecule has 0 atom stereocenters. The number of benzene rings is 1. The Balaban J connectivity index is 2.20. The molecule has 1 amide bonds. The molecular formula is C14H15BrN2O2. The molecule has 19 heavy (non-hydrogen) atoms. The minimum atomic E-state index is -0.0818. The number of methoxy groups -OCH3 is 1. The second-order valence-electron chi connectivity index (χ2n) is 4.10. The summed E-state index contributed by atoms with van der Waals surface area (Å²) in [4.78, 5) is 16.4. The van der Waals surface area contributed by atoms with Gasteiger partial charge in [0.2, 0.25) is 0 Å². The molecule has 0 saturated heterocycles. The Morgan fingerprint density at radius 1 is 1.42 bits per heavy atom. The van der Waals surface area contributed by atoms with Crippen LogP contribution in [0.15, 0.2) is 34.9 Å². The number of nitrogens with one attached hydrogen (secondary N) is 1. The molecule has 1 heterocycles. The Bertz CT molecular complexity index is 587. The van der Waals surface area contributed by atoms with Crippen LogP contribution in [0.1, 0.15) is 16.8 Å². The molecule has 0 unspecified atom stereocenters. The largest absolute Gasteiger partial charge is 0.385 e. The van der Waals surface area contributed by atoms with Crippen LogP contribution in [0.4, 0.5) is 0 Å². The molecule has 0 aliphatic heterocycles. The predicted octanol–water partition coefficient (Wildman–Crippen LogP) is 2.76. The third-order valence-electron chi connectivity index (χ3n) is 2.78. The van der Waals surface area contributed by atoms with Gasteiger partial charge in [-0.3, -0.25) is 9.78 Å². The lowest BCUT2D eigenvalue weighted by Gasteiger charge is -2.08. The molecule has 1 aromatic carbocycles. The lowest BCUT2D eigenvalue weighted by atomic mass is 10.1. The van der Waals surface area contributed by atoms with Crippen LogP contribution in [0.3, 0.4) is 0 Å². The first-order valence-electron chi connectivity index (χ1n) is 6.04. The topological polar surface area (TPSA) is 51.2 Å². The van der Waals surface area contributed by atoms with Crippen LogP contribution in [-0.4, -0.2) is 31.2 Å². The number of carbonyl (C=O) groups excluding carboxylic acids is 1. The SMILES string of the molecule is COCCCNC(=O)c1ccnc2c(Br)cccc12. The van der Waals surface area contributed by atoms with Crippen molar-refractivity contribution < 1.29 is 9.53 Å². The highest BCUT2D eigenvalue weighted by molar-refractivity contribution is 9.10. The third-order valence-corrected chi connectivity index (χ3v) is 3.42. The van der Waals surface area contributed by atoms with Gasteiger partial charge in [-0.2, -0.15) is 0 Å². The molecule has 0 fully saturated rings. The van der Waals surface area contributed by atoms with Crippen molar-refractivity contribution >= 4 is 32.7 Å². The molecule has 0 aliphatic rings. The second-order valence-corrected chi connectivity index (χ2v) is 4.95. The Hall–Kier alpha value is -1.46. The average molecular weight is 323 g/mol. The number of aromatic nitrogens is 1. The zero-order valence-corrected chi connectivity index (χ0v) is 12.2. The Morgan fingerprint density at radius 2 is 2.26 bits per heavy atom. The maximum Gasteiger partial charge on any atom is 0.252 e. The van der Waals surface area contributed by atoms with Crippen LogP contribution in [0.5, 0.6) is 0 Å². The predicted molar refractivity (Wildman–Crippen MR) is 78.3 cm³/mol. The summed E-state index contributed by atoms with van der Waals surface area (Å²) < 4.78 is 5.84. The molecule has 2 rings (SSSR count). The zero-order chi connectivity index (χ0) is 13.7. The molecule has 0 aliphatic carbocycles. The minimum Gasteiger partial charge on any atom is -0.385 e. The fourth-order valence-corrected chi connectivity index (χ4v) is 2.32. The van der Waals surface area contributed by atoms with Gasteiger partial charge in [-0.15, -0.1) is 0 Å². The molecule has 100 valence electrons. The van der Waals surface area contributed by atoms with Crippen molar-refractivity contribution in [1.29, 1.82) is 0 Å². The summed E-state index contributed by atoms with van der Waals surface area (Å²) in [6.45, 7) is 1.24. The van der Waals surface area contributed by atoms with Crippen LogP contribution in [0.25, 0.3) is 10.9 Å². The molecule has 4 nitrogen and oxygen atoms in total. The van der Waals surface area contributed by atoms with E-state index >= 15 is 0 Å². The van der Waals surface area contributed by atoms with Gasteiger partial charge in [-0.25, -0.2) is 0 Å². The van der Waals surface area contributed by atoms with Crippen molar-refractivity contribution in [2.75, 3.05) is 20.3 Å². The minimum absolute atomic E-state index is 0.0818. The molecule has 0 spiro atoms. The highest BCUT2D eigenvalue weighted by Crippen LogP contribution is 2.24. The molecule has 2 aromatic rings. The van der Waals surface area contributed by atoms with Crippen LogP contribution < -0.4 is 5.32 Å². The van der Waals surface area contributed by atoms with E-state index in [9.17, 15) is 4.79 Å². The van der Waals surface area contributed by atoms with Gasteiger partial charge in [0.25, 0.3) is 5.91 Å². The van der Waals surface area contributed by atoms with Gasteiger partial charge in [0.15, 0.2) is 0 Å². The monoisotopic (exact) mass is 322 g/mol. The standard InChI is InChI=1S/C14H15BrN2O2/c1-19-9-3-7-17-14(18)11-6-8-16-13-10(11)4-2-5-12(13)15/h2,4-6,8H,3,7,9H2,1H3,(H,17,18). The van der Waals surface area contributed by atoms with E-state index in [1.807, 2.05) is 18.2 Å². The normalized spacial score (nSPS) is 10.6. The van der Waals surface area contributed by atoms with Gasteiger partial charge in [0.05, 0.1) is 11.1 Å². The summed E-state index contributed by atoms with van der Waals surface area (Å²) >= 11 is 3.44. The van der Waals surface area contributed by atoms with Gasteiger partial charge in [0, 0.05) is 36.3 Å². The lowest BCUT2D eigenvalue weighted by molar-refractivity contribution is 0.0950. The summed E-state index contributed by atoms with van der Waals surface area (Å²) in [5, 5.41) is 3.73.